The molecule has 2 aromatic heterocycles. The lowest BCUT2D eigenvalue weighted by Gasteiger charge is -2.27. The van der Waals surface area contributed by atoms with Gasteiger partial charge in [0.2, 0.25) is 5.95 Å². The molecule has 0 saturated heterocycles. The van der Waals surface area contributed by atoms with Crippen molar-refractivity contribution < 1.29 is 32.5 Å². The highest BCUT2D eigenvalue weighted by Gasteiger charge is 2.36. The summed E-state index contributed by atoms with van der Waals surface area (Å²) in [7, 11) is -1.10. The van der Waals surface area contributed by atoms with Gasteiger partial charge >= 0.3 is 6.18 Å². The lowest BCUT2D eigenvalue weighted by atomic mass is 9.80. The van der Waals surface area contributed by atoms with Crippen molar-refractivity contribution in [3.05, 3.63) is 64.6 Å². The summed E-state index contributed by atoms with van der Waals surface area (Å²) in [4.78, 5) is 35.7. The van der Waals surface area contributed by atoms with Gasteiger partial charge in [-0.15, -0.1) is 0 Å². The van der Waals surface area contributed by atoms with Gasteiger partial charge in [0.05, 0.1) is 35.4 Å². The number of alkyl halides is 3. The quantitative estimate of drug-likeness (QED) is 0.288. The minimum atomic E-state index is -4.75. The van der Waals surface area contributed by atoms with Crippen LogP contribution in [0.5, 0.6) is 0 Å². The van der Waals surface area contributed by atoms with E-state index in [4.69, 9.17) is 4.89 Å². The number of halogens is 3. The average molecular weight is 577 g/mol. The van der Waals surface area contributed by atoms with Crippen LogP contribution in [0.4, 0.5) is 36.3 Å². The third-order valence-electron chi connectivity index (χ3n) is 7.20. The Morgan fingerprint density at radius 3 is 2.48 bits per heavy atom. The Morgan fingerprint density at radius 1 is 1.07 bits per heavy atom. The third kappa shape index (κ3) is 5.96. The number of aliphatic hydroxyl groups is 1. The smallest absolute Gasteiger partial charge is 0.393 e. The van der Waals surface area contributed by atoms with Gasteiger partial charge in [0.15, 0.2) is 8.03 Å². The minimum absolute atomic E-state index is 0.139. The van der Waals surface area contributed by atoms with Crippen molar-refractivity contribution in [3.8, 4) is 0 Å². The molecule has 5 rings (SSSR count). The van der Waals surface area contributed by atoms with E-state index in [1.54, 1.807) is 18.0 Å². The van der Waals surface area contributed by atoms with Crippen LogP contribution in [0.25, 0.3) is 0 Å². The van der Waals surface area contributed by atoms with Gasteiger partial charge in [-0.1, -0.05) is 6.07 Å². The largest absolute Gasteiger partial charge is 0.421 e. The number of aromatic nitrogens is 3. The Labute approximate surface area is 228 Å². The first-order valence-corrected chi connectivity index (χ1v) is 14.3. The molecule has 1 atom stereocenters. The van der Waals surface area contributed by atoms with Crippen molar-refractivity contribution in [2.24, 2.45) is 0 Å². The molecule has 1 saturated carbocycles. The second kappa shape index (κ2) is 11.1. The van der Waals surface area contributed by atoms with Gasteiger partial charge in [-0.25, -0.2) is 4.98 Å². The number of rotatable bonds is 7. The van der Waals surface area contributed by atoms with E-state index in [0.29, 0.717) is 42.5 Å². The lowest BCUT2D eigenvalue weighted by Crippen LogP contribution is -2.18. The number of nitrogens with zero attached hydrogens (tertiary/aromatic N) is 4. The van der Waals surface area contributed by atoms with Crippen LogP contribution in [-0.2, 0) is 23.4 Å². The van der Waals surface area contributed by atoms with Crippen LogP contribution in [0.3, 0.4) is 0 Å². The molecule has 1 aliphatic heterocycles. The number of pyridine rings is 1. The number of carbonyl (C=O) groups is 1. The minimum Gasteiger partial charge on any atom is -0.393 e. The number of amides is 1. The van der Waals surface area contributed by atoms with E-state index in [1.807, 2.05) is 6.07 Å². The molecule has 3 aromatic rings. The van der Waals surface area contributed by atoms with Crippen LogP contribution >= 0.6 is 8.03 Å². The molecule has 40 heavy (non-hydrogen) atoms. The molecule has 1 fully saturated rings. The summed E-state index contributed by atoms with van der Waals surface area (Å²) >= 11 is 0. The fourth-order valence-corrected chi connectivity index (χ4v) is 5.73. The summed E-state index contributed by atoms with van der Waals surface area (Å²) in [5.41, 5.74) is 2.15. The molecule has 14 heteroatoms. The monoisotopic (exact) mass is 576 g/mol. The molecule has 10 nitrogen and oxygen atoms in total. The standard InChI is InChI=1S/C26H28F3N6O4P/c1-35-12-19-18(14-2-6-17(36)7-3-14)8-9-21(22(19)24(35)37)33-25-31-11-20(26(27,28)29)23(34-25)32-15-4-5-16(30-10-15)13-40(38)39/h4-5,8-11,14,17,36,40H,2-3,6-7,12-13H2,1H3,(H,38,39)(H2,31,32,33,34). The molecule has 1 aromatic carbocycles. The normalized spacial score (nSPS) is 19.9. The Hall–Kier alpha value is -3.54. The number of aliphatic hydroxyl groups excluding tert-OH is 1. The molecular formula is C26H28F3N6O4P. The maximum absolute atomic E-state index is 13.8. The topological polar surface area (TPSA) is 141 Å². The van der Waals surface area contributed by atoms with Gasteiger partial charge in [-0.3, -0.25) is 14.3 Å². The summed E-state index contributed by atoms with van der Waals surface area (Å²) in [6.07, 6.45) is -0.284. The van der Waals surface area contributed by atoms with Crippen LogP contribution in [0, 0.1) is 0 Å². The van der Waals surface area contributed by atoms with E-state index in [0.717, 1.165) is 24.0 Å². The zero-order chi connectivity index (χ0) is 28.6. The molecule has 0 bridgehead atoms. The maximum atomic E-state index is 13.8. The Bertz CT molecular complexity index is 1450. The van der Waals surface area contributed by atoms with E-state index in [1.165, 1.54) is 18.3 Å². The van der Waals surface area contributed by atoms with Gasteiger partial charge in [0, 0.05) is 25.5 Å². The van der Waals surface area contributed by atoms with E-state index < -0.39 is 25.6 Å². The number of nitrogens with one attached hydrogen (secondary N) is 2. The number of hydrogen-bond donors (Lipinski definition) is 4. The van der Waals surface area contributed by atoms with Gasteiger partial charge in [0.1, 0.15) is 11.4 Å². The number of anilines is 4. The zero-order valence-corrected chi connectivity index (χ0v) is 22.5. The third-order valence-corrected chi connectivity index (χ3v) is 7.87. The first-order valence-electron chi connectivity index (χ1n) is 12.7. The van der Waals surface area contributed by atoms with Crippen LogP contribution in [0.2, 0.25) is 0 Å². The predicted octanol–water partition coefficient (Wildman–Crippen LogP) is 4.95. The molecule has 1 unspecified atom stereocenters. The zero-order valence-electron chi connectivity index (χ0n) is 21.5. The first kappa shape index (κ1) is 28.0. The van der Waals surface area contributed by atoms with Crippen molar-refractivity contribution in [3.63, 3.8) is 0 Å². The number of carbonyl (C=O) groups excluding carboxylic acids is 1. The highest BCUT2D eigenvalue weighted by molar-refractivity contribution is 7.37. The summed E-state index contributed by atoms with van der Waals surface area (Å²) in [6.45, 7) is 0.410. The van der Waals surface area contributed by atoms with E-state index in [-0.39, 0.29) is 35.7 Å². The molecular weight excluding hydrogens is 548 g/mol. The SMILES string of the molecule is CN1Cc2c(C3CCC(O)CC3)ccc(Nc3ncc(C(F)(F)F)c(Nc4ccc(C[PH](=O)O)nc4)n3)c2C1=O. The summed E-state index contributed by atoms with van der Waals surface area (Å²) in [6, 6.07) is 6.52. The Balaban J connectivity index is 1.46. The van der Waals surface area contributed by atoms with E-state index in [9.17, 15) is 27.6 Å². The Kier molecular flexibility index (Phi) is 7.80. The number of fused-ring (bicyclic) bond motifs is 1. The number of benzene rings is 1. The fourth-order valence-electron chi connectivity index (χ4n) is 5.21. The van der Waals surface area contributed by atoms with Gasteiger partial charge < -0.3 is 25.5 Å². The average Bonchev–Trinajstić information content (AvgIpc) is 3.19. The van der Waals surface area contributed by atoms with Crippen molar-refractivity contribution in [1.82, 2.24) is 19.9 Å². The lowest BCUT2D eigenvalue weighted by molar-refractivity contribution is -0.137. The molecule has 1 amide bonds. The second-order valence-corrected chi connectivity index (χ2v) is 11.2. The fraction of sp³-hybridized carbons (Fsp3) is 0.385. The highest BCUT2D eigenvalue weighted by atomic mass is 31.1. The maximum Gasteiger partial charge on any atom is 0.421 e. The van der Waals surface area contributed by atoms with Crippen LogP contribution in [-0.4, -0.2) is 48.9 Å². The molecule has 2 aliphatic rings. The number of hydrogen-bond acceptors (Lipinski definition) is 8. The molecule has 1 aliphatic carbocycles. The van der Waals surface area contributed by atoms with Crippen LogP contribution in [0.1, 0.15) is 64.3 Å². The van der Waals surface area contributed by atoms with Crippen molar-refractivity contribution in [1.29, 1.82) is 0 Å². The molecule has 212 valence electrons. The summed E-state index contributed by atoms with van der Waals surface area (Å²) < 4.78 is 52.3. The second-order valence-electron chi connectivity index (χ2n) is 10.0. The van der Waals surface area contributed by atoms with Gasteiger partial charge in [-0.05, 0) is 60.9 Å². The highest BCUT2D eigenvalue weighted by Crippen LogP contribution is 2.41. The van der Waals surface area contributed by atoms with Crippen LogP contribution < -0.4 is 10.6 Å². The predicted molar refractivity (Wildman–Crippen MR) is 142 cm³/mol. The molecule has 4 N–H and O–H groups in total. The Morgan fingerprint density at radius 2 is 1.82 bits per heavy atom. The van der Waals surface area contributed by atoms with Gasteiger partial charge in [0.25, 0.3) is 5.91 Å². The molecule has 0 radical (unpaired) electrons. The molecule has 3 heterocycles. The van der Waals surface area contributed by atoms with Crippen LogP contribution in [0.15, 0.2) is 36.7 Å². The summed E-state index contributed by atoms with van der Waals surface area (Å²) in [5.74, 6) is -0.663. The van der Waals surface area contributed by atoms with E-state index >= 15 is 0 Å². The summed E-state index contributed by atoms with van der Waals surface area (Å²) in [5, 5.41) is 15.4. The first-order chi connectivity index (χ1) is 19.0. The van der Waals surface area contributed by atoms with Crippen molar-refractivity contribution in [2.75, 3.05) is 17.7 Å². The van der Waals surface area contributed by atoms with E-state index in [2.05, 4.69) is 25.6 Å². The van der Waals surface area contributed by atoms with Crippen molar-refractivity contribution in [2.45, 2.75) is 56.6 Å². The molecule has 0 spiro atoms. The van der Waals surface area contributed by atoms with Crippen molar-refractivity contribution >= 4 is 37.1 Å². The van der Waals surface area contributed by atoms with Gasteiger partial charge in [-0.2, -0.15) is 18.2 Å².